The highest BCUT2D eigenvalue weighted by Crippen LogP contribution is 2.28. The Labute approximate surface area is 155 Å². The van der Waals surface area contributed by atoms with E-state index >= 15 is 0 Å². The maximum Gasteiger partial charge on any atom is 0.255 e. The second-order valence-corrected chi connectivity index (χ2v) is 8.13. The van der Waals surface area contributed by atoms with Crippen molar-refractivity contribution in [2.45, 2.75) is 58.0 Å². The van der Waals surface area contributed by atoms with Crippen molar-refractivity contribution in [1.82, 2.24) is 9.88 Å². The van der Waals surface area contributed by atoms with Gasteiger partial charge in [-0.3, -0.25) is 4.79 Å². The van der Waals surface area contributed by atoms with Crippen molar-refractivity contribution >= 4 is 10.8 Å². The fourth-order valence-electron chi connectivity index (χ4n) is 4.57. The molecule has 2 heterocycles. The second-order valence-electron chi connectivity index (χ2n) is 8.13. The van der Waals surface area contributed by atoms with Crippen LogP contribution in [0.25, 0.3) is 10.8 Å². The molecule has 2 aromatic rings. The number of fused-ring (bicyclic) bond motifs is 1. The molecule has 1 aromatic carbocycles. The highest BCUT2D eigenvalue weighted by Gasteiger charge is 2.24. The molecule has 2 fully saturated rings. The minimum Gasteiger partial charge on any atom is -0.490 e. The van der Waals surface area contributed by atoms with Gasteiger partial charge in [0.05, 0.1) is 0 Å². The number of piperidine rings is 1. The largest absolute Gasteiger partial charge is 0.490 e. The number of pyridine rings is 1. The Hall–Kier alpha value is -1.81. The lowest BCUT2D eigenvalue weighted by Crippen LogP contribution is -2.41. The molecule has 0 unspecified atom stereocenters. The molecule has 26 heavy (non-hydrogen) atoms. The summed E-state index contributed by atoms with van der Waals surface area (Å²) in [5, 5.41) is 1.68. The van der Waals surface area contributed by atoms with Gasteiger partial charge in [0.2, 0.25) is 0 Å². The van der Waals surface area contributed by atoms with Gasteiger partial charge in [0, 0.05) is 31.2 Å². The van der Waals surface area contributed by atoms with Crippen LogP contribution in [0.1, 0.15) is 50.5 Å². The standard InChI is InChI=1S/C22H30N2O2/c1-16-13-20-18(7-10-23-22(20)25)14-21(16)26-19-8-11-24(12-9-19)15-17-5-3-2-4-6-17/h7,10,13-14,17,19H,2-6,8-9,11-12,15H2,1H3,(H,23,25). The van der Waals surface area contributed by atoms with Crippen molar-refractivity contribution in [3.63, 3.8) is 0 Å². The number of hydrogen-bond donors (Lipinski definition) is 1. The molecule has 0 radical (unpaired) electrons. The van der Waals surface area contributed by atoms with Gasteiger partial charge in [-0.05, 0) is 67.7 Å². The maximum atomic E-state index is 11.9. The number of aromatic nitrogens is 1. The van der Waals surface area contributed by atoms with Crippen LogP contribution in [-0.2, 0) is 0 Å². The number of rotatable bonds is 4. The number of likely N-dealkylation sites (tertiary alicyclic amines) is 1. The number of ether oxygens (including phenoxy) is 1. The van der Waals surface area contributed by atoms with Gasteiger partial charge in [-0.25, -0.2) is 0 Å². The van der Waals surface area contributed by atoms with Crippen LogP contribution >= 0.6 is 0 Å². The molecule has 2 aliphatic rings. The average Bonchev–Trinajstić information content (AvgIpc) is 2.66. The monoisotopic (exact) mass is 354 g/mol. The van der Waals surface area contributed by atoms with E-state index < -0.39 is 0 Å². The summed E-state index contributed by atoms with van der Waals surface area (Å²) >= 11 is 0. The van der Waals surface area contributed by atoms with Crippen molar-refractivity contribution in [1.29, 1.82) is 0 Å². The van der Waals surface area contributed by atoms with Crippen LogP contribution in [0, 0.1) is 12.8 Å². The SMILES string of the molecule is Cc1cc2c(=O)[nH]ccc2cc1OC1CCN(CC2CCCCC2)CC1. The van der Waals surface area contributed by atoms with E-state index in [0.29, 0.717) is 0 Å². The number of benzene rings is 1. The summed E-state index contributed by atoms with van der Waals surface area (Å²) in [5.74, 6) is 1.84. The molecule has 0 bridgehead atoms. The first-order valence-electron chi connectivity index (χ1n) is 10.2. The summed E-state index contributed by atoms with van der Waals surface area (Å²) in [6.45, 7) is 5.60. The first-order chi connectivity index (χ1) is 12.7. The minimum absolute atomic E-state index is 0.0341. The van der Waals surface area contributed by atoms with E-state index in [1.165, 1.54) is 38.6 Å². The van der Waals surface area contributed by atoms with E-state index in [1.807, 2.05) is 25.1 Å². The van der Waals surface area contributed by atoms with Gasteiger partial charge < -0.3 is 14.6 Å². The van der Waals surface area contributed by atoms with Gasteiger partial charge in [-0.1, -0.05) is 19.3 Å². The maximum absolute atomic E-state index is 11.9. The van der Waals surface area contributed by atoms with Crippen molar-refractivity contribution in [3.8, 4) is 5.75 Å². The molecule has 0 amide bonds. The zero-order valence-corrected chi connectivity index (χ0v) is 15.8. The van der Waals surface area contributed by atoms with Crippen LogP contribution in [-0.4, -0.2) is 35.6 Å². The number of aryl methyl sites for hydroxylation is 1. The summed E-state index contributed by atoms with van der Waals surface area (Å²) in [6, 6.07) is 5.91. The Morgan fingerprint density at radius 2 is 1.88 bits per heavy atom. The molecule has 0 atom stereocenters. The Balaban J connectivity index is 1.36. The normalized spacial score (nSPS) is 20.5. The second kappa shape index (κ2) is 7.83. The van der Waals surface area contributed by atoms with Gasteiger partial charge in [0.15, 0.2) is 0 Å². The third kappa shape index (κ3) is 3.96. The summed E-state index contributed by atoms with van der Waals surface area (Å²) < 4.78 is 6.33. The highest BCUT2D eigenvalue weighted by atomic mass is 16.5. The lowest BCUT2D eigenvalue weighted by atomic mass is 9.88. The molecule has 0 spiro atoms. The Kier molecular flexibility index (Phi) is 5.30. The summed E-state index contributed by atoms with van der Waals surface area (Å²) in [7, 11) is 0. The molecular weight excluding hydrogens is 324 g/mol. The zero-order valence-electron chi connectivity index (χ0n) is 15.8. The third-order valence-electron chi connectivity index (χ3n) is 6.14. The van der Waals surface area contributed by atoms with Crippen molar-refractivity contribution in [2.75, 3.05) is 19.6 Å². The zero-order chi connectivity index (χ0) is 17.9. The van der Waals surface area contributed by atoms with Gasteiger partial charge in [-0.15, -0.1) is 0 Å². The van der Waals surface area contributed by atoms with Crippen LogP contribution in [0.4, 0.5) is 0 Å². The predicted molar refractivity (Wildman–Crippen MR) is 106 cm³/mol. The molecule has 1 aliphatic heterocycles. The van der Waals surface area contributed by atoms with Gasteiger partial charge >= 0.3 is 0 Å². The third-order valence-corrected chi connectivity index (χ3v) is 6.14. The Morgan fingerprint density at radius 3 is 2.65 bits per heavy atom. The van der Waals surface area contributed by atoms with E-state index in [9.17, 15) is 4.79 Å². The van der Waals surface area contributed by atoms with E-state index in [4.69, 9.17) is 4.74 Å². The molecule has 4 heteroatoms. The number of hydrogen-bond acceptors (Lipinski definition) is 3. The summed E-state index contributed by atoms with van der Waals surface area (Å²) in [5.41, 5.74) is 1.01. The summed E-state index contributed by atoms with van der Waals surface area (Å²) in [6.07, 6.45) is 11.3. The number of H-pyrrole nitrogens is 1. The lowest BCUT2D eigenvalue weighted by Gasteiger charge is -2.35. The average molecular weight is 354 g/mol. The van der Waals surface area contributed by atoms with Crippen molar-refractivity contribution in [3.05, 3.63) is 40.3 Å². The van der Waals surface area contributed by atoms with Gasteiger partial charge in [-0.2, -0.15) is 0 Å². The molecular formula is C22H30N2O2. The number of nitrogens with one attached hydrogen (secondary N) is 1. The van der Waals surface area contributed by atoms with Gasteiger partial charge in [0.1, 0.15) is 11.9 Å². The fourth-order valence-corrected chi connectivity index (χ4v) is 4.57. The van der Waals surface area contributed by atoms with E-state index in [1.54, 1.807) is 6.20 Å². The topological polar surface area (TPSA) is 45.3 Å². The Morgan fingerprint density at radius 1 is 1.12 bits per heavy atom. The van der Waals surface area contributed by atoms with E-state index in [2.05, 4.69) is 9.88 Å². The van der Waals surface area contributed by atoms with Crippen LogP contribution in [0.2, 0.25) is 0 Å². The van der Waals surface area contributed by atoms with Crippen LogP contribution in [0.15, 0.2) is 29.2 Å². The fraction of sp³-hybridized carbons (Fsp3) is 0.591. The molecule has 1 N–H and O–H groups in total. The van der Waals surface area contributed by atoms with Crippen LogP contribution in [0.5, 0.6) is 5.75 Å². The summed E-state index contributed by atoms with van der Waals surface area (Å²) in [4.78, 5) is 17.3. The van der Waals surface area contributed by atoms with Crippen LogP contribution in [0.3, 0.4) is 0 Å². The number of aromatic amines is 1. The van der Waals surface area contributed by atoms with Crippen molar-refractivity contribution in [2.24, 2.45) is 5.92 Å². The lowest BCUT2D eigenvalue weighted by molar-refractivity contribution is 0.0860. The Bertz CT molecular complexity index is 799. The first-order valence-corrected chi connectivity index (χ1v) is 10.2. The minimum atomic E-state index is -0.0341. The highest BCUT2D eigenvalue weighted by molar-refractivity contribution is 5.83. The van der Waals surface area contributed by atoms with Gasteiger partial charge in [0.25, 0.3) is 5.56 Å². The van der Waals surface area contributed by atoms with Crippen LogP contribution < -0.4 is 10.3 Å². The molecule has 4 nitrogen and oxygen atoms in total. The molecule has 1 saturated carbocycles. The van der Waals surface area contributed by atoms with E-state index in [0.717, 1.165) is 53.9 Å². The first kappa shape index (κ1) is 17.6. The van der Waals surface area contributed by atoms with E-state index in [-0.39, 0.29) is 11.7 Å². The van der Waals surface area contributed by atoms with Crippen molar-refractivity contribution < 1.29 is 4.74 Å². The smallest absolute Gasteiger partial charge is 0.255 e. The molecule has 140 valence electrons. The molecule has 1 aliphatic carbocycles. The molecule has 4 rings (SSSR count). The number of nitrogens with zero attached hydrogens (tertiary/aromatic N) is 1. The quantitative estimate of drug-likeness (QED) is 0.892. The predicted octanol–water partition coefficient (Wildman–Crippen LogP) is 4.26. The molecule has 1 saturated heterocycles. The molecule has 1 aromatic heterocycles.